The Hall–Kier alpha value is -3.20. The lowest BCUT2D eigenvalue weighted by molar-refractivity contribution is -0.122. The number of benzene rings is 2. The zero-order valence-corrected chi connectivity index (χ0v) is 20.5. The van der Waals surface area contributed by atoms with Crippen LogP contribution in [-0.4, -0.2) is 55.2 Å². The summed E-state index contributed by atoms with van der Waals surface area (Å²) >= 11 is 4.08. The maximum Gasteiger partial charge on any atom is 0.407 e. The maximum atomic E-state index is 12.6. The van der Waals surface area contributed by atoms with Gasteiger partial charge in [0, 0.05) is 18.2 Å². The summed E-state index contributed by atoms with van der Waals surface area (Å²) in [6, 6.07) is 15.0. The average Bonchev–Trinajstić information content (AvgIpc) is 3.11. The Morgan fingerprint density at radius 2 is 1.53 bits per heavy atom. The van der Waals surface area contributed by atoms with Crippen LogP contribution in [0.2, 0.25) is 0 Å². The Bertz CT molecular complexity index is 992. The molecule has 1 aliphatic carbocycles. The zero-order chi connectivity index (χ0) is 24.7. The number of rotatable bonds is 8. The van der Waals surface area contributed by atoms with E-state index in [9.17, 15) is 14.4 Å². The molecule has 1 aliphatic rings. The monoisotopic (exact) mass is 485 g/mol. The molecule has 34 heavy (non-hydrogen) atoms. The minimum absolute atomic E-state index is 0.102. The predicted octanol–water partition coefficient (Wildman–Crippen LogP) is 3.46. The van der Waals surface area contributed by atoms with Crippen LogP contribution < -0.4 is 16.0 Å². The highest BCUT2D eigenvalue weighted by atomic mass is 32.1. The van der Waals surface area contributed by atoms with Crippen molar-refractivity contribution in [2.75, 3.05) is 25.4 Å². The average molecular weight is 486 g/mol. The molecule has 8 nitrogen and oxygen atoms in total. The van der Waals surface area contributed by atoms with E-state index in [0.29, 0.717) is 12.3 Å². The van der Waals surface area contributed by atoms with E-state index in [1.165, 1.54) is 0 Å². The van der Waals surface area contributed by atoms with Gasteiger partial charge in [-0.2, -0.15) is 12.6 Å². The second-order valence-electron chi connectivity index (χ2n) is 8.92. The molecule has 0 saturated carbocycles. The minimum atomic E-state index is -1.04. The maximum absolute atomic E-state index is 12.6. The Kier molecular flexibility index (Phi) is 8.44. The van der Waals surface area contributed by atoms with E-state index in [0.717, 1.165) is 22.3 Å². The molecule has 2 aromatic carbocycles. The lowest BCUT2D eigenvalue weighted by Gasteiger charge is -2.22. The fraction of sp³-hybridized carbons (Fsp3) is 0.400. The van der Waals surface area contributed by atoms with Crippen LogP contribution >= 0.6 is 12.6 Å². The first kappa shape index (κ1) is 25.4. The van der Waals surface area contributed by atoms with Crippen LogP contribution in [-0.2, 0) is 14.3 Å². The number of amides is 3. The Labute approximate surface area is 205 Å². The van der Waals surface area contributed by atoms with E-state index in [1.807, 2.05) is 36.4 Å². The molecule has 0 radical (unpaired) electrons. The van der Waals surface area contributed by atoms with Gasteiger partial charge in [-0.1, -0.05) is 48.5 Å². The summed E-state index contributed by atoms with van der Waals surface area (Å²) in [4.78, 5) is 37.1. The van der Waals surface area contributed by atoms with Crippen molar-refractivity contribution < 1.29 is 23.9 Å². The van der Waals surface area contributed by atoms with Gasteiger partial charge in [-0.15, -0.1) is 0 Å². The van der Waals surface area contributed by atoms with E-state index in [1.54, 1.807) is 20.8 Å². The molecule has 0 bridgehead atoms. The molecule has 3 rings (SSSR count). The molecule has 9 heteroatoms. The highest BCUT2D eigenvalue weighted by molar-refractivity contribution is 7.80. The summed E-state index contributed by atoms with van der Waals surface area (Å²) in [6.07, 6.45) is -1.44. The Morgan fingerprint density at radius 1 is 0.941 bits per heavy atom. The van der Waals surface area contributed by atoms with Crippen LogP contribution in [0.15, 0.2) is 48.5 Å². The standard InChI is InChI=1S/C25H31N3O5S/c1-25(2,3)33-23(30)27-14-21(22(29)26-12-13-34)28-24(31)32-15-20-18-10-6-4-8-16(18)17-9-5-7-11-19(17)20/h4-11,20-21,34H,12-15H2,1-3H3,(H,26,29)(H,27,30)(H,28,31). The molecular weight excluding hydrogens is 454 g/mol. The molecule has 3 amide bonds. The molecule has 0 saturated heterocycles. The number of hydrogen-bond donors (Lipinski definition) is 4. The Morgan fingerprint density at radius 3 is 2.09 bits per heavy atom. The molecule has 0 aromatic heterocycles. The van der Waals surface area contributed by atoms with Crippen molar-refractivity contribution in [1.82, 2.24) is 16.0 Å². The van der Waals surface area contributed by atoms with Crippen LogP contribution in [0.5, 0.6) is 0 Å². The number of carbonyl (C=O) groups excluding carboxylic acids is 3. The number of nitrogens with one attached hydrogen (secondary N) is 3. The summed E-state index contributed by atoms with van der Waals surface area (Å²) in [6.45, 7) is 5.48. The highest BCUT2D eigenvalue weighted by Crippen LogP contribution is 2.44. The summed E-state index contributed by atoms with van der Waals surface area (Å²) in [7, 11) is 0. The van der Waals surface area contributed by atoms with Gasteiger partial charge in [0.25, 0.3) is 0 Å². The second-order valence-corrected chi connectivity index (χ2v) is 9.37. The molecule has 0 heterocycles. The van der Waals surface area contributed by atoms with Crippen molar-refractivity contribution in [3.8, 4) is 11.1 Å². The first-order valence-electron chi connectivity index (χ1n) is 11.2. The van der Waals surface area contributed by atoms with Gasteiger partial charge in [0.15, 0.2) is 0 Å². The molecule has 0 fully saturated rings. The SMILES string of the molecule is CC(C)(C)OC(=O)NCC(NC(=O)OCC1c2ccccc2-c2ccccc21)C(=O)NCCS. The molecule has 0 aliphatic heterocycles. The molecule has 2 aromatic rings. The minimum Gasteiger partial charge on any atom is -0.449 e. The van der Waals surface area contributed by atoms with Gasteiger partial charge >= 0.3 is 12.2 Å². The van der Waals surface area contributed by atoms with Gasteiger partial charge in [-0.3, -0.25) is 4.79 Å². The highest BCUT2D eigenvalue weighted by Gasteiger charge is 2.30. The quantitative estimate of drug-likeness (QED) is 0.429. The van der Waals surface area contributed by atoms with Crippen molar-refractivity contribution in [2.24, 2.45) is 0 Å². The van der Waals surface area contributed by atoms with Gasteiger partial charge in [-0.05, 0) is 43.0 Å². The van der Waals surface area contributed by atoms with E-state index >= 15 is 0 Å². The van der Waals surface area contributed by atoms with Gasteiger partial charge in [-0.25, -0.2) is 9.59 Å². The lowest BCUT2D eigenvalue weighted by atomic mass is 9.98. The van der Waals surface area contributed by atoms with Crippen molar-refractivity contribution >= 4 is 30.7 Å². The second kappa shape index (κ2) is 11.3. The number of ether oxygens (including phenoxy) is 2. The first-order chi connectivity index (χ1) is 16.2. The molecule has 182 valence electrons. The molecule has 3 N–H and O–H groups in total. The number of alkyl carbamates (subject to hydrolysis) is 2. The summed E-state index contributed by atoms with van der Waals surface area (Å²) in [5.74, 6) is -0.129. The topological polar surface area (TPSA) is 106 Å². The number of carbonyl (C=O) groups is 3. The van der Waals surface area contributed by atoms with Crippen LogP contribution in [0.1, 0.15) is 37.8 Å². The third kappa shape index (κ3) is 6.66. The molecule has 1 atom stereocenters. The largest absolute Gasteiger partial charge is 0.449 e. The smallest absolute Gasteiger partial charge is 0.407 e. The van der Waals surface area contributed by atoms with E-state index < -0.39 is 29.7 Å². The van der Waals surface area contributed by atoms with Gasteiger partial charge < -0.3 is 25.4 Å². The molecular formula is C25H31N3O5S. The van der Waals surface area contributed by atoms with E-state index in [2.05, 4.69) is 40.7 Å². The Balaban J connectivity index is 1.63. The summed E-state index contributed by atoms with van der Waals surface area (Å²) < 4.78 is 10.7. The molecule has 1 unspecified atom stereocenters. The van der Waals surface area contributed by atoms with Crippen LogP contribution in [0.4, 0.5) is 9.59 Å². The number of thiol groups is 1. The van der Waals surface area contributed by atoms with Gasteiger partial charge in [0.1, 0.15) is 18.2 Å². The van der Waals surface area contributed by atoms with Gasteiger partial charge in [0.2, 0.25) is 5.91 Å². The van der Waals surface area contributed by atoms with Crippen molar-refractivity contribution in [3.63, 3.8) is 0 Å². The predicted molar refractivity (Wildman–Crippen MR) is 133 cm³/mol. The summed E-state index contributed by atoms with van der Waals surface area (Å²) in [5.41, 5.74) is 3.74. The van der Waals surface area contributed by atoms with Crippen LogP contribution in [0, 0.1) is 0 Å². The van der Waals surface area contributed by atoms with Crippen molar-refractivity contribution in [2.45, 2.75) is 38.3 Å². The van der Waals surface area contributed by atoms with Crippen LogP contribution in [0.3, 0.4) is 0 Å². The zero-order valence-electron chi connectivity index (χ0n) is 19.6. The fourth-order valence-electron chi connectivity index (χ4n) is 3.79. The van der Waals surface area contributed by atoms with E-state index in [-0.39, 0.29) is 19.1 Å². The number of hydrogen-bond acceptors (Lipinski definition) is 6. The van der Waals surface area contributed by atoms with Crippen LogP contribution in [0.25, 0.3) is 11.1 Å². The third-order valence-corrected chi connectivity index (χ3v) is 5.44. The summed E-state index contributed by atoms with van der Waals surface area (Å²) in [5, 5.41) is 7.72. The molecule has 0 spiro atoms. The first-order valence-corrected chi connectivity index (χ1v) is 11.8. The normalized spacial score (nSPS) is 13.3. The number of fused-ring (bicyclic) bond motifs is 3. The van der Waals surface area contributed by atoms with Crippen molar-refractivity contribution in [1.29, 1.82) is 0 Å². The fourth-order valence-corrected chi connectivity index (χ4v) is 3.91. The van der Waals surface area contributed by atoms with Crippen molar-refractivity contribution in [3.05, 3.63) is 59.7 Å². The third-order valence-electron chi connectivity index (χ3n) is 5.21. The van der Waals surface area contributed by atoms with E-state index in [4.69, 9.17) is 9.47 Å². The lowest BCUT2D eigenvalue weighted by Crippen LogP contribution is -2.53. The van der Waals surface area contributed by atoms with Gasteiger partial charge in [0.05, 0.1) is 6.54 Å².